The van der Waals surface area contributed by atoms with E-state index >= 15 is 0 Å². The smallest absolute Gasteiger partial charge is 0.244 e. The molecule has 2 aromatic carbocycles. The van der Waals surface area contributed by atoms with Crippen molar-refractivity contribution in [3.8, 4) is 0 Å². The number of amides is 1. The molecular weight excluding hydrogens is 396 g/mol. The van der Waals surface area contributed by atoms with E-state index in [1.165, 1.54) is 9.87 Å². The molecule has 0 aliphatic rings. The quantitative estimate of drug-likeness (QED) is 0.699. The maximum atomic E-state index is 12.9. The average Bonchev–Trinajstić information content (AvgIpc) is 2.66. The largest absolute Gasteiger partial charge is 0.348 e. The van der Waals surface area contributed by atoms with Crippen molar-refractivity contribution in [3.63, 3.8) is 0 Å². The van der Waals surface area contributed by atoms with Crippen LogP contribution in [0.5, 0.6) is 0 Å². The van der Waals surface area contributed by atoms with Crippen molar-refractivity contribution >= 4 is 21.6 Å². The highest BCUT2D eigenvalue weighted by Gasteiger charge is 2.30. The van der Waals surface area contributed by atoms with Gasteiger partial charge in [-0.15, -0.1) is 0 Å². The minimum Gasteiger partial charge on any atom is -0.348 e. The summed E-state index contributed by atoms with van der Waals surface area (Å²) in [5, 5.41) is 2.95. The number of anilines is 1. The van der Waals surface area contributed by atoms with Gasteiger partial charge in [-0.3, -0.25) is 9.10 Å². The van der Waals surface area contributed by atoms with Gasteiger partial charge >= 0.3 is 0 Å². The van der Waals surface area contributed by atoms with Gasteiger partial charge in [0.1, 0.15) is 6.04 Å². The molecule has 0 spiro atoms. The van der Waals surface area contributed by atoms with Gasteiger partial charge in [-0.05, 0) is 54.5 Å². The molecule has 164 valence electrons. The fourth-order valence-electron chi connectivity index (χ4n) is 3.38. The van der Waals surface area contributed by atoms with Crippen molar-refractivity contribution in [2.24, 2.45) is 0 Å². The first kappa shape index (κ1) is 23.9. The van der Waals surface area contributed by atoms with Gasteiger partial charge in [0.25, 0.3) is 0 Å². The lowest BCUT2D eigenvalue weighted by atomic mass is 9.86. The van der Waals surface area contributed by atoms with Crippen LogP contribution in [0.4, 0.5) is 5.69 Å². The molecule has 0 saturated heterocycles. The van der Waals surface area contributed by atoms with E-state index in [0.29, 0.717) is 5.69 Å². The second kappa shape index (κ2) is 9.21. The van der Waals surface area contributed by atoms with Crippen molar-refractivity contribution in [3.05, 3.63) is 65.2 Å². The lowest BCUT2D eigenvalue weighted by molar-refractivity contribution is -0.122. The third-order valence-electron chi connectivity index (χ3n) is 5.32. The van der Waals surface area contributed by atoms with E-state index in [4.69, 9.17) is 0 Å². The number of benzene rings is 2. The molecule has 0 aliphatic heterocycles. The SMILES string of the molecule is CCc1ccc(N(C(C)C(=O)NC(C)c2ccc(C(C)(C)C)cc2)S(C)(=O)=O)cc1. The van der Waals surface area contributed by atoms with Gasteiger partial charge in [0.2, 0.25) is 15.9 Å². The van der Waals surface area contributed by atoms with Crippen LogP contribution in [0.2, 0.25) is 0 Å². The summed E-state index contributed by atoms with van der Waals surface area (Å²) < 4.78 is 26.1. The average molecular weight is 431 g/mol. The van der Waals surface area contributed by atoms with E-state index in [0.717, 1.165) is 23.8 Å². The van der Waals surface area contributed by atoms with E-state index in [-0.39, 0.29) is 17.4 Å². The summed E-state index contributed by atoms with van der Waals surface area (Å²) in [5.74, 6) is -0.340. The fourth-order valence-corrected chi connectivity index (χ4v) is 4.55. The van der Waals surface area contributed by atoms with Gasteiger partial charge in [0.15, 0.2) is 0 Å². The number of rotatable bonds is 7. The number of nitrogens with one attached hydrogen (secondary N) is 1. The van der Waals surface area contributed by atoms with Gasteiger partial charge in [-0.25, -0.2) is 8.42 Å². The van der Waals surface area contributed by atoms with E-state index in [1.54, 1.807) is 19.1 Å². The minimum atomic E-state index is -3.63. The molecule has 0 radical (unpaired) electrons. The summed E-state index contributed by atoms with van der Waals surface area (Å²) in [5.41, 5.74) is 3.85. The second-order valence-corrected chi connectivity index (χ2v) is 10.7. The molecule has 0 fully saturated rings. The Morgan fingerprint density at radius 3 is 1.97 bits per heavy atom. The Kier molecular flexibility index (Phi) is 7.35. The normalized spacial score (nSPS) is 14.1. The van der Waals surface area contributed by atoms with Crippen LogP contribution in [0.15, 0.2) is 48.5 Å². The molecule has 5 nitrogen and oxygen atoms in total. The van der Waals surface area contributed by atoms with Crippen LogP contribution < -0.4 is 9.62 Å². The lowest BCUT2D eigenvalue weighted by Gasteiger charge is -2.29. The molecule has 0 aromatic heterocycles. The van der Waals surface area contributed by atoms with Crippen LogP contribution in [0.3, 0.4) is 0 Å². The molecule has 30 heavy (non-hydrogen) atoms. The molecule has 1 N–H and O–H groups in total. The number of carbonyl (C=O) groups is 1. The van der Waals surface area contributed by atoms with Crippen molar-refractivity contribution < 1.29 is 13.2 Å². The van der Waals surface area contributed by atoms with Crippen LogP contribution >= 0.6 is 0 Å². The first-order chi connectivity index (χ1) is 13.8. The highest BCUT2D eigenvalue weighted by Crippen LogP contribution is 2.25. The first-order valence-electron chi connectivity index (χ1n) is 10.3. The van der Waals surface area contributed by atoms with Crippen LogP contribution in [0, 0.1) is 0 Å². The zero-order chi connectivity index (χ0) is 22.7. The predicted molar refractivity (Wildman–Crippen MR) is 124 cm³/mol. The van der Waals surface area contributed by atoms with E-state index in [1.807, 2.05) is 38.1 Å². The fraction of sp³-hybridized carbons (Fsp3) is 0.458. The minimum absolute atomic E-state index is 0.0584. The highest BCUT2D eigenvalue weighted by molar-refractivity contribution is 7.92. The van der Waals surface area contributed by atoms with E-state index in [9.17, 15) is 13.2 Å². The van der Waals surface area contributed by atoms with E-state index in [2.05, 4.69) is 38.2 Å². The van der Waals surface area contributed by atoms with Crippen LogP contribution in [-0.2, 0) is 26.7 Å². The van der Waals surface area contributed by atoms with Crippen molar-refractivity contribution in [1.82, 2.24) is 5.32 Å². The van der Waals surface area contributed by atoms with Crippen molar-refractivity contribution in [2.45, 2.75) is 65.5 Å². The molecule has 2 aromatic rings. The Morgan fingerprint density at radius 1 is 1.00 bits per heavy atom. The molecule has 2 unspecified atom stereocenters. The molecular formula is C24H34N2O3S. The Balaban J connectivity index is 2.20. The Labute approximate surface area is 181 Å². The summed E-state index contributed by atoms with van der Waals surface area (Å²) in [6, 6.07) is 14.3. The molecule has 2 atom stereocenters. The third kappa shape index (κ3) is 5.85. The van der Waals surface area contributed by atoms with Crippen molar-refractivity contribution in [1.29, 1.82) is 0 Å². The van der Waals surface area contributed by atoms with Crippen molar-refractivity contribution in [2.75, 3.05) is 10.6 Å². The third-order valence-corrected chi connectivity index (χ3v) is 6.56. The maximum absolute atomic E-state index is 12.9. The van der Waals surface area contributed by atoms with Gasteiger partial charge in [-0.2, -0.15) is 0 Å². The monoisotopic (exact) mass is 430 g/mol. The second-order valence-electron chi connectivity index (χ2n) is 8.86. The number of hydrogen-bond donors (Lipinski definition) is 1. The number of aryl methyl sites for hydroxylation is 1. The molecule has 1 amide bonds. The number of carbonyl (C=O) groups excluding carboxylic acids is 1. The molecule has 0 aliphatic carbocycles. The van der Waals surface area contributed by atoms with Gasteiger partial charge in [0, 0.05) is 0 Å². The van der Waals surface area contributed by atoms with Gasteiger partial charge < -0.3 is 5.32 Å². The molecule has 2 rings (SSSR count). The van der Waals surface area contributed by atoms with Gasteiger partial charge in [0.05, 0.1) is 18.0 Å². The highest BCUT2D eigenvalue weighted by atomic mass is 32.2. The number of sulfonamides is 1. The molecule has 0 bridgehead atoms. The Bertz CT molecular complexity index is 959. The topological polar surface area (TPSA) is 66.5 Å². The maximum Gasteiger partial charge on any atom is 0.244 e. The number of nitrogens with zero attached hydrogens (tertiary/aromatic N) is 1. The lowest BCUT2D eigenvalue weighted by Crippen LogP contribution is -2.48. The molecule has 0 saturated carbocycles. The van der Waals surface area contributed by atoms with Crippen LogP contribution in [0.25, 0.3) is 0 Å². The summed E-state index contributed by atoms with van der Waals surface area (Å²) in [7, 11) is -3.63. The predicted octanol–water partition coefficient (Wildman–Crippen LogP) is 4.58. The van der Waals surface area contributed by atoms with E-state index < -0.39 is 16.1 Å². The summed E-state index contributed by atoms with van der Waals surface area (Å²) in [6.45, 7) is 12.0. The summed E-state index contributed by atoms with van der Waals surface area (Å²) in [4.78, 5) is 12.9. The van der Waals surface area contributed by atoms with Gasteiger partial charge in [-0.1, -0.05) is 64.1 Å². The summed E-state index contributed by atoms with van der Waals surface area (Å²) >= 11 is 0. The number of hydrogen-bond acceptors (Lipinski definition) is 3. The summed E-state index contributed by atoms with van der Waals surface area (Å²) in [6.07, 6.45) is 1.99. The Morgan fingerprint density at radius 2 is 1.53 bits per heavy atom. The van der Waals surface area contributed by atoms with Crippen LogP contribution in [0.1, 0.15) is 64.3 Å². The molecule has 6 heteroatoms. The first-order valence-corrected chi connectivity index (χ1v) is 12.2. The van der Waals surface area contributed by atoms with Crippen LogP contribution in [-0.4, -0.2) is 26.6 Å². The molecule has 0 heterocycles. The standard InChI is InChI=1S/C24H34N2O3S/c1-8-19-9-15-22(16-10-19)26(30(7,28)29)18(3)23(27)25-17(2)20-11-13-21(14-12-20)24(4,5)6/h9-18H,8H2,1-7H3,(H,25,27). The zero-order valence-electron chi connectivity index (χ0n) is 19.1. The zero-order valence-corrected chi connectivity index (χ0v) is 19.9. The Hall–Kier alpha value is -2.34.